The molecule has 0 spiro atoms. The Labute approximate surface area is 97.2 Å². The molecule has 90 valence electrons. The van der Waals surface area contributed by atoms with Gasteiger partial charge in [-0.05, 0) is 22.4 Å². The Bertz CT molecular complexity index is 389. The highest BCUT2D eigenvalue weighted by atomic mass is 79.9. The fourth-order valence-corrected chi connectivity index (χ4v) is 1.64. The van der Waals surface area contributed by atoms with Gasteiger partial charge in [-0.3, -0.25) is 9.48 Å². The average molecular weight is 301 g/mol. The maximum atomic E-state index is 12.3. The molecule has 4 nitrogen and oxygen atoms in total. The molecule has 1 aromatic rings. The summed E-state index contributed by atoms with van der Waals surface area (Å²) in [5.41, 5.74) is -0.997. The lowest BCUT2D eigenvalue weighted by Gasteiger charge is -2.02. The number of rotatable bonds is 4. The van der Waals surface area contributed by atoms with Crippen LogP contribution in [0.5, 0.6) is 0 Å². The summed E-state index contributed by atoms with van der Waals surface area (Å²) in [4.78, 5) is 10.2. The van der Waals surface area contributed by atoms with E-state index in [1.807, 2.05) is 0 Å². The average Bonchev–Trinajstić information content (AvgIpc) is 2.45. The fourth-order valence-electron chi connectivity index (χ4n) is 1.10. The van der Waals surface area contributed by atoms with E-state index in [9.17, 15) is 18.0 Å². The van der Waals surface area contributed by atoms with Crippen LogP contribution in [0.1, 0.15) is 18.5 Å². The number of halogens is 4. The molecule has 1 aromatic heterocycles. The van der Waals surface area contributed by atoms with Crippen LogP contribution in [0.3, 0.4) is 0 Å². The standard InChI is InChI=1S/C8H8BrF3N2O2/c9-5-4-14(3-1-2-6(15)16)13-7(5)8(10,11)12/h4H,1-3H2,(H,15,16). The first-order valence-corrected chi connectivity index (χ1v) is 5.12. The van der Waals surface area contributed by atoms with Gasteiger partial charge in [-0.2, -0.15) is 18.3 Å². The van der Waals surface area contributed by atoms with Crippen molar-refractivity contribution in [3.63, 3.8) is 0 Å². The van der Waals surface area contributed by atoms with Crippen LogP contribution in [0.2, 0.25) is 0 Å². The van der Waals surface area contributed by atoms with Crippen molar-refractivity contribution in [2.24, 2.45) is 0 Å². The van der Waals surface area contributed by atoms with Crippen LogP contribution >= 0.6 is 15.9 Å². The molecule has 1 N–H and O–H groups in total. The molecule has 0 aromatic carbocycles. The smallest absolute Gasteiger partial charge is 0.436 e. The Morgan fingerprint density at radius 3 is 2.62 bits per heavy atom. The van der Waals surface area contributed by atoms with E-state index < -0.39 is 17.8 Å². The van der Waals surface area contributed by atoms with Gasteiger partial charge in [0.2, 0.25) is 0 Å². The summed E-state index contributed by atoms with van der Waals surface area (Å²) in [7, 11) is 0. The summed E-state index contributed by atoms with van der Waals surface area (Å²) in [5, 5.41) is 11.7. The molecule has 1 heterocycles. The van der Waals surface area contributed by atoms with Crippen LogP contribution in [-0.4, -0.2) is 20.9 Å². The molecule has 16 heavy (non-hydrogen) atoms. The number of aliphatic carboxylic acids is 1. The van der Waals surface area contributed by atoms with Gasteiger partial charge in [-0.15, -0.1) is 0 Å². The van der Waals surface area contributed by atoms with Gasteiger partial charge in [0.15, 0.2) is 5.69 Å². The zero-order valence-corrected chi connectivity index (χ0v) is 9.55. The molecule has 0 fully saturated rings. The second-order valence-electron chi connectivity index (χ2n) is 3.08. The van der Waals surface area contributed by atoms with Crippen LogP contribution in [-0.2, 0) is 17.5 Å². The van der Waals surface area contributed by atoms with Crippen LogP contribution < -0.4 is 0 Å². The number of carboxylic acids is 1. The predicted molar refractivity (Wildman–Crippen MR) is 51.8 cm³/mol. The number of carboxylic acid groups (broad SMARTS) is 1. The topological polar surface area (TPSA) is 55.1 Å². The number of aryl methyl sites for hydroxylation is 1. The number of hydrogen-bond acceptors (Lipinski definition) is 2. The number of hydrogen-bond donors (Lipinski definition) is 1. The maximum Gasteiger partial charge on any atom is 0.436 e. The monoisotopic (exact) mass is 300 g/mol. The molecular weight excluding hydrogens is 293 g/mol. The first-order chi connectivity index (χ1) is 7.30. The molecule has 0 aliphatic rings. The summed E-state index contributed by atoms with van der Waals surface area (Å²) in [5.74, 6) is -0.984. The molecule has 0 aliphatic carbocycles. The van der Waals surface area contributed by atoms with Crippen LogP contribution in [0.15, 0.2) is 10.7 Å². The van der Waals surface area contributed by atoms with Gasteiger partial charge in [0.25, 0.3) is 0 Å². The third-order valence-electron chi connectivity index (χ3n) is 1.76. The first kappa shape index (κ1) is 13.0. The summed E-state index contributed by atoms with van der Waals surface area (Å²) in [6, 6.07) is 0. The zero-order chi connectivity index (χ0) is 12.3. The second-order valence-corrected chi connectivity index (χ2v) is 3.94. The van der Waals surface area contributed by atoms with E-state index in [4.69, 9.17) is 5.11 Å². The minimum atomic E-state index is -4.50. The first-order valence-electron chi connectivity index (χ1n) is 4.32. The van der Waals surface area contributed by atoms with Crippen molar-refractivity contribution >= 4 is 21.9 Å². The Hall–Kier alpha value is -1.05. The Morgan fingerprint density at radius 1 is 1.56 bits per heavy atom. The molecule has 1 rings (SSSR count). The predicted octanol–water partition coefficient (Wildman–Crippen LogP) is 2.53. The van der Waals surface area contributed by atoms with Gasteiger partial charge in [-0.25, -0.2) is 0 Å². The summed E-state index contributed by atoms with van der Waals surface area (Å²) in [6.45, 7) is 0.140. The number of alkyl halides is 3. The highest BCUT2D eigenvalue weighted by Gasteiger charge is 2.36. The lowest BCUT2D eigenvalue weighted by Crippen LogP contribution is -2.09. The zero-order valence-electron chi connectivity index (χ0n) is 7.96. The highest BCUT2D eigenvalue weighted by Crippen LogP contribution is 2.33. The van der Waals surface area contributed by atoms with Crippen molar-refractivity contribution in [2.75, 3.05) is 0 Å². The van der Waals surface area contributed by atoms with Crippen molar-refractivity contribution in [1.82, 2.24) is 9.78 Å². The van der Waals surface area contributed by atoms with Crippen molar-refractivity contribution in [1.29, 1.82) is 0 Å². The van der Waals surface area contributed by atoms with E-state index in [1.54, 1.807) is 0 Å². The summed E-state index contributed by atoms with van der Waals surface area (Å²) in [6.07, 6.45) is -3.18. The van der Waals surface area contributed by atoms with E-state index >= 15 is 0 Å². The van der Waals surface area contributed by atoms with E-state index in [0.29, 0.717) is 0 Å². The normalized spacial score (nSPS) is 11.8. The van der Waals surface area contributed by atoms with Crippen molar-refractivity contribution < 1.29 is 23.1 Å². The Balaban J connectivity index is 2.67. The molecular formula is C8H8BrF3N2O2. The SMILES string of the molecule is O=C(O)CCCn1cc(Br)c(C(F)(F)F)n1. The van der Waals surface area contributed by atoms with Crippen LogP contribution in [0.25, 0.3) is 0 Å². The van der Waals surface area contributed by atoms with Gasteiger partial charge in [0, 0.05) is 19.2 Å². The van der Waals surface area contributed by atoms with E-state index in [2.05, 4.69) is 21.0 Å². The van der Waals surface area contributed by atoms with Crippen LogP contribution in [0, 0.1) is 0 Å². The lowest BCUT2D eigenvalue weighted by molar-refractivity contribution is -0.142. The third-order valence-corrected chi connectivity index (χ3v) is 2.34. The fraction of sp³-hybridized carbons (Fsp3) is 0.500. The van der Waals surface area contributed by atoms with Gasteiger partial charge in [-0.1, -0.05) is 0 Å². The minimum absolute atomic E-state index is 0.0984. The summed E-state index contributed by atoms with van der Waals surface area (Å²) >= 11 is 2.75. The number of nitrogens with zero attached hydrogens (tertiary/aromatic N) is 2. The van der Waals surface area contributed by atoms with Gasteiger partial charge >= 0.3 is 12.1 Å². The summed E-state index contributed by atoms with van der Waals surface area (Å²) < 4.78 is 37.9. The van der Waals surface area contributed by atoms with Gasteiger partial charge in [0.05, 0.1) is 4.47 Å². The largest absolute Gasteiger partial charge is 0.481 e. The quantitative estimate of drug-likeness (QED) is 0.929. The van der Waals surface area contributed by atoms with Crippen molar-refractivity contribution in [3.05, 3.63) is 16.4 Å². The number of carbonyl (C=O) groups is 1. The van der Waals surface area contributed by atoms with E-state index in [-0.39, 0.29) is 23.9 Å². The lowest BCUT2D eigenvalue weighted by atomic mass is 10.3. The molecule has 0 saturated heterocycles. The molecule has 0 unspecified atom stereocenters. The Kier molecular flexibility index (Phi) is 3.95. The molecule has 8 heteroatoms. The molecule has 0 atom stereocenters. The molecule has 0 bridgehead atoms. The van der Waals surface area contributed by atoms with Crippen molar-refractivity contribution in [2.45, 2.75) is 25.6 Å². The molecule has 0 radical (unpaired) electrons. The molecule has 0 saturated carbocycles. The number of aromatic nitrogens is 2. The van der Waals surface area contributed by atoms with Gasteiger partial charge < -0.3 is 5.11 Å². The van der Waals surface area contributed by atoms with Crippen LogP contribution in [0.4, 0.5) is 13.2 Å². The maximum absolute atomic E-state index is 12.3. The Morgan fingerprint density at radius 2 is 2.19 bits per heavy atom. The highest BCUT2D eigenvalue weighted by molar-refractivity contribution is 9.10. The third kappa shape index (κ3) is 3.51. The van der Waals surface area contributed by atoms with E-state index in [1.165, 1.54) is 6.20 Å². The molecule has 0 aliphatic heterocycles. The van der Waals surface area contributed by atoms with Gasteiger partial charge in [0.1, 0.15) is 0 Å². The van der Waals surface area contributed by atoms with E-state index in [0.717, 1.165) is 4.68 Å². The minimum Gasteiger partial charge on any atom is -0.481 e. The molecule has 0 amide bonds. The second kappa shape index (κ2) is 4.86. The van der Waals surface area contributed by atoms with Crippen molar-refractivity contribution in [3.8, 4) is 0 Å².